The Kier molecular flexibility index (Phi) is 5.77. The van der Waals surface area contributed by atoms with E-state index in [4.69, 9.17) is 4.74 Å². The molecule has 0 aliphatic heterocycles. The van der Waals surface area contributed by atoms with Crippen molar-refractivity contribution < 1.29 is 4.74 Å². The molecule has 0 saturated carbocycles. The molecule has 0 spiro atoms. The first-order valence-corrected chi connectivity index (χ1v) is 10.9. The predicted molar refractivity (Wildman–Crippen MR) is 117 cm³/mol. The Morgan fingerprint density at radius 3 is 2.79 bits per heavy atom. The number of benzene rings is 1. The van der Waals surface area contributed by atoms with E-state index in [1.807, 2.05) is 56.3 Å². The molecular formula is C20H19N5O2S2. The lowest BCUT2D eigenvalue weighted by Gasteiger charge is -2.05. The SMILES string of the molecule is CCOc1ccc(Nc2nnc(SCc3cc(=O)n4c(C)cccc4n3)s2)cc1. The quantitative estimate of drug-likeness (QED) is 0.442. The van der Waals surface area contributed by atoms with Crippen LogP contribution in [0, 0.1) is 6.92 Å². The highest BCUT2D eigenvalue weighted by molar-refractivity contribution is 8.00. The maximum atomic E-state index is 12.4. The van der Waals surface area contributed by atoms with E-state index in [-0.39, 0.29) is 5.56 Å². The molecule has 1 N–H and O–H groups in total. The monoisotopic (exact) mass is 425 g/mol. The average Bonchev–Trinajstić information content (AvgIpc) is 3.15. The van der Waals surface area contributed by atoms with Gasteiger partial charge in [-0.3, -0.25) is 9.20 Å². The molecule has 0 aliphatic carbocycles. The molecule has 1 aromatic carbocycles. The minimum Gasteiger partial charge on any atom is -0.494 e. The zero-order chi connectivity index (χ0) is 20.2. The van der Waals surface area contributed by atoms with Crippen LogP contribution >= 0.6 is 23.1 Å². The van der Waals surface area contributed by atoms with E-state index >= 15 is 0 Å². The van der Waals surface area contributed by atoms with Gasteiger partial charge in [0.05, 0.1) is 12.3 Å². The molecule has 29 heavy (non-hydrogen) atoms. The van der Waals surface area contributed by atoms with Gasteiger partial charge in [0.15, 0.2) is 4.34 Å². The van der Waals surface area contributed by atoms with Crippen LogP contribution in [-0.2, 0) is 5.75 Å². The maximum Gasteiger partial charge on any atom is 0.258 e. The number of aromatic nitrogens is 4. The zero-order valence-corrected chi connectivity index (χ0v) is 17.6. The third-order valence-electron chi connectivity index (χ3n) is 4.10. The minimum absolute atomic E-state index is 0.0705. The smallest absolute Gasteiger partial charge is 0.258 e. The Balaban J connectivity index is 1.42. The van der Waals surface area contributed by atoms with Crippen LogP contribution in [0.5, 0.6) is 5.75 Å². The second-order valence-electron chi connectivity index (χ2n) is 6.19. The van der Waals surface area contributed by atoms with Crippen molar-refractivity contribution in [1.82, 2.24) is 19.6 Å². The van der Waals surface area contributed by atoms with E-state index in [2.05, 4.69) is 20.5 Å². The van der Waals surface area contributed by atoms with E-state index in [9.17, 15) is 4.79 Å². The van der Waals surface area contributed by atoms with Crippen LogP contribution in [0.4, 0.5) is 10.8 Å². The van der Waals surface area contributed by atoms with Gasteiger partial charge in [-0.1, -0.05) is 29.2 Å². The summed E-state index contributed by atoms with van der Waals surface area (Å²) in [5.41, 5.74) is 3.10. The molecule has 0 fully saturated rings. The van der Waals surface area contributed by atoms with Crippen molar-refractivity contribution in [3.8, 4) is 5.75 Å². The fraction of sp³-hybridized carbons (Fsp3) is 0.200. The van der Waals surface area contributed by atoms with Crippen molar-refractivity contribution in [2.24, 2.45) is 0 Å². The topological polar surface area (TPSA) is 81.4 Å². The Hall–Kier alpha value is -2.91. The Bertz CT molecular complexity index is 1190. The third kappa shape index (κ3) is 4.57. The second-order valence-corrected chi connectivity index (χ2v) is 8.39. The first kappa shape index (κ1) is 19.4. The third-order valence-corrected chi connectivity index (χ3v) is 6.11. The number of hydrogen-bond acceptors (Lipinski definition) is 8. The van der Waals surface area contributed by atoms with E-state index in [0.717, 1.165) is 27.2 Å². The molecule has 0 atom stereocenters. The predicted octanol–water partition coefficient (Wildman–Crippen LogP) is 4.29. The summed E-state index contributed by atoms with van der Waals surface area (Å²) in [5, 5.41) is 12.3. The summed E-state index contributed by atoms with van der Waals surface area (Å²) in [6.07, 6.45) is 0. The maximum absolute atomic E-state index is 12.4. The van der Waals surface area contributed by atoms with Crippen molar-refractivity contribution in [2.75, 3.05) is 11.9 Å². The molecule has 4 aromatic rings. The van der Waals surface area contributed by atoms with Gasteiger partial charge in [-0.05, 0) is 50.2 Å². The molecule has 7 nitrogen and oxygen atoms in total. The van der Waals surface area contributed by atoms with Crippen LogP contribution in [0.25, 0.3) is 5.65 Å². The summed E-state index contributed by atoms with van der Waals surface area (Å²) in [4.78, 5) is 17.0. The van der Waals surface area contributed by atoms with Crippen LogP contribution in [-0.4, -0.2) is 26.2 Å². The van der Waals surface area contributed by atoms with Crippen molar-refractivity contribution in [3.05, 3.63) is 70.3 Å². The van der Waals surface area contributed by atoms with Crippen molar-refractivity contribution in [3.63, 3.8) is 0 Å². The van der Waals surface area contributed by atoms with Crippen molar-refractivity contribution in [1.29, 1.82) is 0 Å². The van der Waals surface area contributed by atoms with E-state index in [1.54, 1.807) is 10.5 Å². The van der Waals surface area contributed by atoms with Gasteiger partial charge < -0.3 is 10.1 Å². The Labute approximate surface area is 175 Å². The van der Waals surface area contributed by atoms with Gasteiger partial charge in [0.25, 0.3) is 5.56 Å². The molecule has 0 amide bonds. The van der Waals surface area contributed by atoms with Crippen LogP contribution in [0.3, 0.4) is 0 Å². The first-order valence-electron chi connectivity index (χ1n) is 9.07. The minimum atomic E-state index is -0.0705. The molecule has 3 heterocycles. The lowest BCUT2D eigenvalue weighted by Crippen LogP contribution is -2.17. The summed E-state index contributed by atoms with van der Waals surface area (Å²) in [7, 11) is 0. The number of thioether (sulfide) groups is 1. The van der Waals surface area contributed by atoms with Gasteiger partial charge in [-0.15, -0.1) is 10.2 Å². The van der Waals surface area contributed by atoms with E-state index in [1.165, 1.54) is 23.1 Å². The van der Waals surface area contributed by atoms with Crippen LogP contribution in [0.15, 0.2) is 57.7 Å². The Morgan fingerprint density at radius 1 is 1.17 bits per heavy atom. The average molecular weight is 426 g/mol. The number of fused-ring (bicyclic) bond motifs is 1. The summed E-state index contributed by atoms with van der Waals surface area (Å²) >= 11 is 2.97. The number of nitrogens with zero attached hydrogens (tertiary/aromatic N) is 4. The highest BCUT2D eigenvalue weighted by atomic mass is 32.2. The second kappa shape index (κ2) is 8.62. The normalized spacial score (nSPS) is 11.0. The van der Waals surface area contributed by atoms with E-state index in [0.29, 0.717) is 23.1 Å². The van der Waals surface area contributed by atoms with E-state index < -0.39 is 0 Å². The number of ether oxygens (including phenoxy) is 1. The molecule has 9 heteroatoms. The lowest BCUT2D eigenvalue weighted by atomic mass is 10.3. The van der Waals surface area contributed by atoms with Crippen molar-refractivity contribution >= 4 is 39.6 Å². The summed E-state index contributed by atoms with van der Waals surface area (Å²) in [5.74, 6) is 1.39. The molecule has 0 bridgehead atoms. The highest BCUT2D eigenvalue weighted by Crippen LogP contribution is 2.30. The highest BCUT2D eigenvalue weighted by Gasteiger charge is 2.09. The van der Waals surface area contributed by atoms with Gasteiger partial charge >= 0.3 is 0 Å². The number of pyridine rings is 1. The van der Waals surface area contributed by atoms with Crippen LogP contribution in [0.2, 0.25) is 0 Å². The molecule has 0 radical (unpaired) electrons. The molecular weight excluding hydrogens is 406 g/mol. The molecule has 4 rings (SSSR count). The fourth-order valence-corrected chi connectivity index (χ4v) is 4.48. The number of nitrogens with one attached hydrogen (secondary N) is 1. The molecule has 148 valence electrons. The van der Waals surface area contributed by atoms with Gasteiger partial charge in [-0.2, -0.15) is 0 Å². The van der Waals surface area contributed by atoms with Crippen LogP contribution in [0.1, 0.15) is 18.3 Å². The number of anilines is 2. The zero-order valence-electron chi connectivity index (χ0n) is 16.0. The van der Waals surface area contributed by atoms with Gasteiger partial charge in [0.2, 0.25) is 5.13 Å². The first-order chi connectivity index (χ1) is 14.1. The lowest BCUT2D eigenvalue weighted by molar-refractivity contribution is 0.340. The number of hydrogen-bond donors (Lipinski definition) is 1. The van der Waals surface area contributed by atoms with Gasteiger partial charge in [-0.25, -0.2) is 4.98 Å². The van der Waals surface area contributed by atoms with Crippen LogP contribution < -0.4 is 15.6 Å². The molecule has 0 unspecified atom stereocenters. The van der Waals surface area contributed by atoms with Crippen molar-refractivity contribution in [2.45, 2.75) is 23.9 Å². The number of aryl methyl sites for hydroxylation is 1. The van der Waals surface area contributed by atoms with Gasteiger partial charge in [0.1, 0.15) is 11.4 Å². The standard InChI is InChI=1S/C20H19N5O2S2/c1-3-27-16-9-7-14(8-10-16)22-19-23-24-20(29-19)28-12-15-11-18(26)25-13(2)5-4-6-17(25)21-15/h4-11H,3,12H2,1-2H3,(H,22,23). The Morgan fingerprint density at radius 2 is 2.00 bits per heavy atom. The molecule has 3 aromatic heterocycles. The fourth-order valence-electron chi connectivity index (χ4n) is 2.82. The summed E-state index contributed by atoms with van der Waals surface area (Å²) < 4.78 is 7.86. The van der Waals surface area contributed by atoms with Gasteiger partial charge in [0, 0.05) is 23.2 Å². The molecule has 0 aliphatic rings. The number of rotatable bonds is 7. The largest absolute Gasteiger partial charge is 0.494 e. The molecule has 0 saturated heterocycles. The summed E-state index contributed by atoms with van der Waals surface area (Å²) in [6, 6.07) is 14.9. The summed E-state index contributed by atoms with van der Waals surface area (Å²) in [6.45, 7) is 4.49.